The van der Waals surface area contributed by atoms with Gasteiger partial charge < -0.3 is 24.5 Å². The van der Waals surface area contributed by atoms with Crippen LogP contribution in [-0.4, -0.2) is 68.2 Å². The molecule has 0 spiro atoms. The minimum Gasteiger partial charge on any atom is -0.374 e. The Morgan fingerprint density at radius 1 is 0.410 bits per heavy atom. The molecule has 0 aliphatic rings. The highest BCUT2D eigenvalue weighted by Gasteiger charge is 2.38. The van der Waals surface area contributed by atoms with Crippen LogP contribution in [-0.2, 0) is 53.4 Å². The molecule has 0 saturated heterocycles. The Kier molecular flexibility index (Phi) is 24.6. The number of rotatable bonds is 11. The summed E-state index contributed by atoms with van der Waals surface area (Å²) in [5, 5.41) is 17.9. The van der Waals surface area contributed by atoms with E-state index in [-0.39, 0.29) is 42.0 Å². The van der Waals surface area contributed by atoms with Gasteiger partial charge >= 0.3 is 0 Å². The molecule has 2 atom stereocenters. The van der Waals surface area contributed by atoms with Crippen LogP contribution in [0.25, 0.3) is 66.5 Å². The smallest absolute Gasteiger partial charge is 0.252 e. The minimum absolute atomic E-state index is 0. The average molecular weight is 1530 g/mol. The van der Waals surface area contributed by atoms with Crippen LogP contribution in [0.2, 0.25) is 30.1 Å². The molecule has 25 heteroatoms. The molecular formula is C80H70Cl6FN13O5. The van der Waals surface area contributed by atoms with Gasteiger partial charge in [-0.3, -0.25) is 37.6 Å². The summed E-state index contributed by atoms with van der Waals surface area (Å²) in [6.07, 6.45) is 16.9. The third-order valence-corrected chi connectivity index (χ3v) is 18.9. The molecule has 0 amide bonds. The topological polar surface area (TPSA) is 221 Å². The summed E-state index contributed by atoms with van der Waals surface area (Å²) >= 11 is 36.8. The van der Waals surface area contributed by atoms with Gasteiger partial charge in [-0.25, -0.2) is 29.9 Å². The average Bonchev–Trinajstić information content (AvgIpc) is 1.71. The first-order valence-corrected chi connectivity index (χ1v) is 33.6. The van der Waals surface area contributed by atoms with Crippen LogP contribution in [0.5, 0.6) is 0 Å². The fourth-order valence-electron chi connectivity index (χ4n) is 12.1. The summed E-state index contributed by atoms with van der Waals surface area (Å²) in [4.78, 5) is 76.7. The first kappa shape index (κ1) is 78.4. The summed E-state index contributed by atoms with van der Waals surface area (Å²) in [6.45, 7) is 0. The molecule has 9 aromatic heterocycles. The molecule has 105 heavy (non-hydrogen) atoms. The van der Waals surface area contributed by atoms with Gasteiger partial charge in [0.1, 0.15) is 22.5 Å². The number of halogens is 7. The monoisotopic (exact) mass is 1520 g/mol. The van der Waals surface area contributed by atoms with Gasteiger partial charge in [0.15, 0.2) is 11.4 Å². The van der Waals surface area contributed by atoms with Crippen molar-refractivity contribution in [2.75, 3.05) is 0 Å². The van der Waals surface area contributed by atoms with E-state index in [9.17, 15) is 24.3 Å². The summed E-state index contributed by atoms with van der Waals surface area (Å²) in [7, 11) is 10.7. The number of nitrogens with zero attached hydrogens (tertiary/aromatic N) is 12. The molecule has 9 heterocycles. The molecule has 0 radical (unpaired) electrons. The molecule has 15 aromatic rings. The maximum absolute atomic E-state index is 12.9. The quantitative estimate of drug-likeness (QED) is 0.115. The molecule has 0 saturated carbocycles. The van der Waals surface area contributed by atoms with Gasteiger partial charge in [-0.15, -0.1) is 0 Å². The number of nitrogens with two attached hydrogens (primary N) is 1. The number of carbonyl (C=O) groups excluding carboxylic acids is 1. The van der Waals surface area contributed by atoms with Crippen molar-refractivity contribution >= 4 is 108 Å². The lowest BCUT2D eigenvalue weighted by Gasteiger charge is -2.31. The SMILES string of the molecule is C.C.Cn1c(=O)cc(-c2cccc(Cl)c2)c2cc(C(=O)c3ccc(Cl)cc3)cnc21.Cn1ccnc1.Cn1cncc1C(N)(c1ccc(Cl)cc1)c1cnc2c(c1)c(-c1cccc(Cl)c1)cc(=O)n2C.Cn1cncc1C(O)(c1ccc(Cl)cc1)c1cnc2c(c1)c(-c1cccc(Cl)c1)cc(=O)n2C.F. The van der Waals surface area contributed by atoms with E-state index in [1.807, 2.05) is 115 Å². The largest absolute Gasteiger partial charge is 0.374 e. The molecule has 2 unspecified atom stereocenters. The van der Waals surface area contributed by atoms with Crippen molar-refractivity contribution < 1.29 is 14.6 Å². The van der Waals surface area contributed by atoms with Crippen LogP contribution in [0.15, 0.2) is 259 Å². The summed E-state index contributed by atoms with van der Waals surface area (Å²) in [5.74, 6) is -0.169. The van der Waals surface area contributed by atoms with Crippen LogP contribution in [0, 0.1) is 0 Å². The lowest BCUT2D eigenvalue weighted by Crippen LogP contribution is -2.41. The van der Waals surface area contributed by atoms with E-state index >= 15 is 0 Å². The number of imidazole rings is 3. The second-order valence-corrected chi connectivity index (χ2v) is 26.7. The highest BCUT2D eigenvalue weighted by molar-refractivity contribution is 6.32. The van der Waals surface area contributed by atoms with E-state index in [2.05, 4.69) is 24.9 Å². The zero-order chi connectivity index (χ0) is 72.3. The Bertz CT molecular complexity index is 5610. The predicted octanol–water partition coefficient (Wildman–Crippen LogP) is 16.8. The first-order valence-electron chi connectivity index (χ1n) is 31.4. The Morgan fingerprint density at radius 3 is 1.19 bits per heavy atom. The fourth-order valence-corrected chi connectivity index (χ4v) is 13.0. The van der Waals surface area contributed by atoms with E-state index in [4.69, 9.17) is 80.3 Å². The van der Waals surface area contributed by atoms with Crippen molar-refractivity contribution in [3.8, 4) is 33.4 Å². The molecule has 3 N–H and O–H groups in total. The van der Waals surface area contributed by atoms with Gasteiger partial charge in [-0.1, -0.05) is 145 Å². The highest BCUT2D eigenvalue weighted by Crippen LogP contribution is 2.41. The lowest BCUT2D eigenvalue weighted by atomic mass is 9.81. The van der Waals surface area contributed by atoms with Gasteiger partial charge in [0.2, 0.25) is 0 Å². The van der Waals surface area contributed by atoms with Crippen LogP contribution in [0.1, 0.15) is 64.4 Å². The van der Waals surface area contributed by atoms with E-state index in [1.54, 1.807) is 173 Å². The number of pyridine rings is 6. The second kappa shape index (κ2) is 33.0. The predicted molar refractivity (Wildman–Crippen MR) is 422 cm³/mol. The Balaban J connectivity index is 0.000000173. The number of aryl methyl sites for hydroxylation is 6. The van der Waals surface area contributed by atoms with Crippen LogP contribution in [0.4, 0.5) is 4.70 Å². The first-order chi connectivity index (χ1) is 48.9. The van der Waals surface area contributed by atoms with E-state index < -0.39 is 11.1 Å². The van der Waals surface area contributed by atoms with Crippen molar-refractivity contribution in [1.82, 2.24) is 57.3 Å². The molecule has 0 fully saturated rings. The number of fused-ring (bicyclic) bond motifs is 3. The number of hydrogen-bond acceptors (Lipinski definition) is 12. The number of hydrogen-bond donors (Lipinski definition) is 2. The Labute approximate surface area is 633 Å². The molecular weight excluding hydrogens is 1450 g/mol. The molecule has 534 valence electrons. The summed E-state index contributed by atoms with van der Waals surface area (Å²) in [5.41, 5.74) is 15.0. The minimum atomic E-state index is -1.57. The summed E-state index contributed by atoms with van der Waals surface area (Å²) < 4.78 is 10.0. The Morgan fingerprint density at radius 2 is 0.800 bits per heavy atom. The van der Waals surface area contributed by atoms with Gasteiger partial charge in [0, 0.05) is 160 Å². The number of carbonyl (C=O) groups is 1. The third-order valence-electron chi connectivity index (χ3n) is 17.5. The maximum Gasteiger partial charge on any atom is 0.252 e. The van der Waals surface area contributed by atoms with Crippen LogP contribution in [0.3, 0.4) is 0 Å². The molecule has 0 aliphatic heterocycles. The van der Waals surface area contributed by atoms with E-state index in [1.165, 1.54) is 26.0 Å². The maximum atomic E-state index is 12.9. The number of aliphatic hydroxyl groups is 1. The number of aromatic nitrogens is 12. The standard InChI is InChI=1S/C26H21Cl2N5O.C26H20Cl2N4O2.C22H14Cl2N2O2.C4H6N2.2CH4.FH/c1-32-15-30-14-23(32)26(29,17-6-8-19(27)9-7-17)18-11-22-21(16-4-3-5-20(28)10-16)12-24(34)33(2)25(22)31-13-18;1-31-15-29-14-23(31)26(34,17-6-8-19(27)9-7-17)18-11-22-21(16-4-3-5-20(28)10-16)12-24(33)32(2)25(22)30-13-18;1-26-20(27)11-18(14-3-2-4-17(24)9-14)19-10-15(12-25-22(19)26)21(28)13-5-7-16(23)8-6-13;1-6-3-2-5-4-6;;;/h3-15H,29H2,1-2H3;3-15,34H,1-2H3;2-12H,1H3;2-4H,1H3;2*1H4;1H. The van der Waals surface area contributed by atoms with Crippen molar-refractivity contribution in [3.05, 3.63) is 350 Å². The Hall–Kier alpha value is -10.7. The zero-order valence-electron chi connectivity index (χ0n) is 55.8. The second-order valence-electron chi connectivity index (χ2n) is 24.1. The van der Waals surface area contributed by atoms with E-state index in [0.717, 1.165) is 44.5 Å². The normalized spacial score (nSPS) is 12.0. The summed E-state index contributed by atoms with van der Waals surface area (Å²) in [6, 6.07) is 53.4. The molecule has 6 aromatic carbocycles. The van der Waals surface area contributed by atoms with Crippen molar-refractivity contribution in [3.63, 3.8) is 0 Å². The number of ketones is 1. The van der Waals surface area contributed by atoms with Crippen LogP contribution < -0.4 is 22.4 Å². The van der Waals surface area contributed by atoms with Crippen molar-refractivity contribution in [2.24, 2.45) is 48.0 Å². The zero-order valence-corrected chi connectivity index (χ0v) is 60.3. The van der Waals surface area contributed by atoms with Gasteiger partial charge in [0.25, 0.3) is 16.7 Å². The third kappa shape index (κ3) is 16.2. The molecule has 0 bridgehead atoms. The van der Waals surface area contributed by atoms with Crippen molar-refractivity contribution in [2.45, 2.75) is 26.0 Å². The van der Waals surface area contributed by atoms with Gasteiger partial charge in [-0.05, 0) is 148 Å². The molecule has 0 aliphatic carbocycles. The van der Waals surface area contributed by atoms with Crippen LogP contribution >= 0.6 is 69.6 Å². The van der Waals surface area contributed by atoms with Gasteiger partial charge in [0.05, 0.1) is 42.8 Å². The molecule has 18 nitrogen and oxygen atoms in total. The van der Waals surface area contributed by atoms with Gasteiger partial charge in [-0.2, -0.15) is 0 Å². The van der Waals surface area contributed by atoms with Crippen molar-refractivity contribution in [1.29, 1.82) is 0 Å². The number of benzene rings is 6. The molecule has 15 rings (SSSR count). The van der Waals surface area contributed by atoms with E-state index in [0.29, 0.717) is 96.9 Å². The fraction of sp³-hybridized carbons (Fsp3) is 0.125. The lowest BCUT2D eigenvalue weighted by molar-refractivity contribution is 0.103. The highest BCUT2D eigenvalue weighted by atomic mass is 35.5.